The maximum atomic E-state index is 12.3. The normalized spacial score (nSPS) is 18.4. The summed E-state index contributed by atoms with van der Waals surface area (Å²) < 4.78 is 28.7. The molecular weight excluding hydrogens is 354 g/mol. The number of carbonyl (C=O) groups is 2. The Bertz CT molecular complexity index is 706. The quantitative estimate of drug-likeness (QED) is 0.771. The molecule has 0 unspecified atom stereocenters. The van der Waals surface area contributed by atoms with Crippen LogP contribution in [0.4, 0.5) is 0 Å². The van der Waals surface area contributed by atoms with Crippen LogP contribution in [0.15, 0.2) is 4.34 Å². The Labute approximate surface area is 144 Å². The van der Waals surface area contributed by atoms with E-state index in [9.17, 15) is 18.0 Å². The minimum absolute atomic E-state index is 0.137. The number of nitrogens with two attached hydrogens (primary N) is 1. The molecule has 2 N–H and O–H groups in total. The maximum Gasteiger partial charge on any atom is 0.370 e. The van der Waals surface area contributed by atoms with E-state index in [1.54, 1.807) is 0 Å². The van der Waals surface area contributed by atoms with Crippen molar-refractivity contribution in [1.29, 1.82) is 0 Å². The van der Waals surface area contributed by atoms with Gasteiger partial charge in [0.2, 0.25) is 19.2 Å². The van der Waals surface area contributed by atoms with Crippen LogP contribution in [-0.4, -0.2) is 41.8 Å². The number of hydrogen-bond donors (Lipinski definition) is 1. The van der Waals surface area contributed by atoms with Crippen molar-refractivity contribution in [2.24, 2.45) is 5.73 Å². The highest BCUT2D eigenvalue weighted by Crippen LogP contribution is 2.31. The summed E-state index contributed by atoms with van der Waals surface area (Å²) in [6, 6.07) is 0. The molecule has 0 radical (unpaired) electrons. The molecule has 1 aromatic heterocycles. The van der Waals surface area contributed by atoms with E-state index in [0.717, 1.165) is 32.1 Å². The van der Waals surface area contributed by atoms with Crippen molar-refractivity contribution in [2.75, 3.05) is 5.75 Å². The van der Waals surface area contributed by atoms with Gasteiger partial charge >= 0.3 is 5.97 Å². The molecule has 0 saturated heterocycles. The number of amides is 1. The summed E-state index contributed by atoms with van der Waals surface area (Å²) in [4.78, 5) is 24.3. The third-order valence-electron chi connectivity index (χ3n) is 4.13. The van der Waals surface area contributed by atoms with E-state index in [4.69, 9.17) is 10.5 Å². The van der Waals surface area contributed by atoms with Gasteiger partial charge in [0.15, 0.2) is 5.60 Å². The number of aromatic nitrogens is 2. The number of sulfone groups is 1. The fraction of sp³-hybridized carbons (Fsp3) is 0.714. The number of esters is 1. The zero-order chi connectivity index (χ0) is 17.8. The summed E-state index contributed by atoms with van der Waals surface area (Å²) >= 11 is 0.644. The van der Waals surface area contributed by atoms with E-state index < -0.39 is 27.3 Å². The molecule has 0 spiro atoms. The van der Waals surface area contributed by atoms with E-state index in [0.29, 0.717) is 24.2 Å². The van der Waals surface area contributed by atoms with Gasteiger partial charge in [-0.05, 0) is 25.7 Å². The van der Waals surface area contributed by atoms with Crippen LogP contribution < -0.4 is 5.73 Å². The Morgan fingerprint density at radius 2 is 1.75 bits per heavy atom. The second-order valence-electron chi connectivity index (χ2n) is 5.79. The Kier molecular flexibility index (Phi) is 5.92. The molecule has 1 saturated carbocycles. The SMILES string of the molecule is CCS(=O)(=O)c1nnc(C(=O)OC2(C(N)=O)CCCCCCC2)s1. The average Bonchev–Trinajstić information content (AvgIpc) is 3.00. The van der Waals surface area contributed by atoms with Gasteiger partial charge in [0, 0.05) is 0 Å². The molecule has 1 amide bonds. The number of rotatable bonds is 5. The standard InChI is InChI=1S/C14H21N3O5S2/c1-2-24(20,21)13-17-16-10(23-13)11(18)22-14(12(15)19)8-6-4-3-5-7-9-14/h2-9H2,1H3,(H2,15,19). The smallest absolute Gasteiger partial charge is 0.370 e. The predicted molar refractivity (Wildman–Crippen MR) is 87.3 cm³/mol. The second-order valence-corrected chi connectivity index (χ2v) is 9.22. The first-order valence-electron chi connectivity index (χ1n) is 7.90. The van der Waals surface area contributed by atoms with Gasteiger partial charge in [-0.15, -0.1) is 10.2 Å². The summed E-state index contributed by atoms with van der Waals surface area (Å²) in [5.74, 6) is -1.67. The maximum absolute atomic E-state index is 12.3. The fourth-order valence-electron chi connectivity index (χ4n) is 2.64. The number of primary amides is 1. The summed E-state index contributed by atoms with van der Waals surface area (Å²) in [6.45, 7) is 1.48. The van der Waals surface area contributed by atoms with Gasteiger partial charge in [0.1, 0.15) is 0 Å². The molecule has 1 aliphatic rings. The van der Waals surface area contributed by atoms with E-state index in [-0.39, 0.29) is 15.1 Å². The first-order chi connectivity index (χ1) is 11.3. The molecule has 134 valence electrons. The molecule has 1 aromatic rings. The molecule has 8 nitrogen and oxygen atoms in total. The van der Waals surface area contributed by atoms with Crippen molar-refractivity contribution in [2.45, 2.75) is 61.8 Å². The number of carbonyl (C=O) groups excluding carboxylic acids is 2. The lowest BCUT2D eigenvalue weighted by molar-refractivity contribution is -0.139. The van der Waals surface area contributed by atoms with E-state index in [1.807, 2.05) is 0 Å². The predicted octanol–water partition coefficient (Wildman–Crippen LogP) is 1.46. The van der Waals surface area contributed by atoms with Gasteiger partial charge in [-0.1, -0.05) is 37.5 Å². The van der Waals surface area contributed by atoms with Crippen LogP contribution >= 0.6 is 11.3 Å². The van der Waals surface area contributed by atoms with Gasteiger partial charge in [-0.3, -0.25) is 4.79 Å². The van der Waals surface area contributed by atoms with E-state index >= 15 is 0 Å². The fourth-order valence-corrected chi connectivity index (χ4v) is 4.60. The molecule has 0 bridgehead atoms. The lowest BCUT2D eigenvalue weighted by Crippen LogP contribution is -2.48. The second kappa shape index (κ2) is 7.56. The van der Waals surface area contributed by atoms with Crippen LogP contribution in [0.1, 0.15) is 61.7 Å². The summed E-state index contributed by atoms with van der Waals surface area (Å²) in [5.41, 5.74) is 4.15. The first-order valence-corrected chi connectivity index (χ1v) is 10.4. The van der Waals surface area contributed by atoms with Gasteiger partial charge < -0.3 is 10.5 Å². The van der Waals surface area contributed by atoms with Gasteiger partial charge in [0.05, 0.1) is 5.75 Å². The van der Waals surface area contributed by atoms with Crippen LogP contribution in [0.25, 0.3) is 0 Å². The molecule has 0 aromatic carbocycles. The zero-order valence-corrected chi connectivity index (χ0v) is 15.1. The lowest BCUT2D eigenvalue weighted by atomic mass is 9.86. The molecular formula is C14H21N3O5S2. The first kappa shape index (κ1) is 18.8. The minimum atomic E-state index is -3.54. The molecule has 2 rings (SSSR count). The Hall–Kier alpha value is -1.55. The summed E-state index contributed by atoms with van der Waals surface area (Å²) in [5, 5.41) is 6.94. The summed E-state index contributed by atoms with van der Waals surface area (Å²) in [7, 11) is -3.54. The lowest BCUT2D eigenvalue weighted by Gasteiger charge is -2.31. The van der Waals surface area contributed by atoms with Gasteiger partial charge in [0.25, 0.3) is 5.91 Å². The molecule has 10 heteroatoms. The molecule has 24 heavy (non-hydrogen) atoms. The van der Waals surface area contributed by atoms with Crippen molar-refractivity contribution >= 4 is 33.1 Å². The summed E-state index contributed by atoms with van der Waals surface area (Å²) in [6.07, 6.45) is 5.19. The third kappa shape index (κ3) is 4.10. The minimum Gasteiger partial charge on any atom is -0.444 e. The third-order valence-corrected chi connectivity index (χ3v) is 7.21. The van der Waals surface area contributed by atoms with Crippen molar-refractivity contribution < 1.29 is 22.7 Å². The topological polar surface area (TPSA) is 129 Å². The highest BCUT2D eigenvalue weighted by atomic mass is 32.2. The highest BCUT2D eigenvalue weighted by Gasteiger charge is 2.41. The van der Waals surface area contributed by atoms with Crippen LogP contribution in [0.5, 0.6) is 0 Å². The largest absolute Gasteiger partial charge is 0.444 e. The average molecular weight is 375 g/mol. The molecule has 1 heterocycles. The van der Waals surface area contributed by atoms with Gasteiger partial charge in [-0.25, -0.2) is 13.2 Å². The van der Waals surface area contributed by atoms with Crippen LogP contribution in [0.3, 0.4) is 0 Å². The Balaban J connectivity index is 2.20. The zero-order valence-electron chi connectivity index (χ0n) is 13.5. The van der Waals surface area contributed by atoms with Crippen LogP contribution in [0.2, 0.25) is 0 Å². The van der Waals surface area contributed by atoms with E-state index in [1.165, 1.54) is 6.92 Å². The Morgan fingerprint density at radius 1 is 1.17 bits per heavy atom. The van der Waals surface area contributed by atoms with Crippen molar-refractivity contribution in [1.82, 2.24) is 10.2 Å². The molecule has 0 aliphatic heterocycles. The Morgan fingerprint density at radius 3 is 2.29 bits per heavy atom. The van der Waals surface area contributed by atoms with E-state index in [2.05, 4.69) is 10.2 Å². The van der Waals surface area contributed by atoms with Crippen LogP contribution in [0, 0.1) is 0 Å². The van der Waals surface area contributed by atoms with Crippen molar-refractivity contribution in [3.63, 3.8) is 0 Å². The number of ether oxygens (including phenoxy) is 1. The monoisotopic (exact) mass is 375 g/mol. The molecule has 0 atom stereocenters. The number of nitrogens with zero attached hydrogens (tertiary/aromatic N) is 2. The highest BCUT2D eigenvalue weighted by molar-refractivity contribution is 7.93. The van der Waals surface area contributed by atoms with Crippen molar-refractivity contribution in [3.05, 3.63) is 5.01 Å². The van der Waals surface area contributed by atoms with Crippen molar-refractivity contribution in [3.8, 4) is 0 Å². The molecule has 1 fully saturated rings. The van der Waals surface area contributed by atoms with Gasteiger partial charge in [-0.2, -0.15) is 0 Å². The molecule has 1 aliphatic carbocycles. The number of hydrogen-bond acceptors (Lipinski definition) is 8. The van der Waals surface area contributed by atoms with Crippen LogP contribution in [-0.2, 0) is 19.4 Å².